The monoisotopic (exact) mass is 261 g/mol. The molecular weight excluding hydrogens is 246 g/mol. The molecule has 0 unspecified atom stereocenters. The maximum atomic E-state index is 11.2. The van der Waals surface area contributed by atoms with Crippen molar-refractivity contribution in [3.63, 3.8) is 0 Å². The van der Waals surface area contributed by atoms with Gasteiger partial charge in [0.05, 0.1) is 26.8 Å². The fourth-order valence-electron chi connectivity index (χ4n) is 1.86. The molecule has 19 heavy (non-hydrogen) atoms. The summed E-state index contributed by atoms with van der Waals surface area (Å²) in [6, 6.07) is 5.51. The zero-order valence-corrected chi connectivity index (χ0v) is 11.1. The number of ketones is 1. The quantitative estimate of drug-likeness (QED) is 0.827. The van der Waals surface area contributed by atoms with Crippen LogP contribution in [-0.2, 0) is 11.2 Å². The van der Waals surface area contributed by atoms with E-state index in [4.69, 9.17) is 14.0 Å². The van der Waals surface area contributed by atoms with E-state index in [9.17, 15) is 4.79 Å². The van der Waals surface area contributed by atoms with Gasteiger partial charge in [0.1, 0.15) is 5.78 Å². The van der Waals surface area contributed by atoms with Gasteiger partial charge >= 0.3 is 0 Å². The van der Waals surface area contributed by atoms with Gasteiger partial charge < -0.3 is 14.0 Å². The van der Waals surface area contributed by atoms with E-state index in [-0.39, 0.29) is 12.2 Å². The number of Topliss-reactive ketones (excluding diaryl/α,β-unsaturated/α-hetero) is 1. The van der Waals surface area contributed by atoms with Gasteiger partial charge in [-0.05, 0) is 24.6 Å². The highest BCUT2D eigenvalue weighted by Crippen LogP contribution is 2.33. The first-order valence-corrected chi connectivity index (χ1v) is 5.81. The van der Waals surface area contributed by atoms with Crippen molar-refractivity contribution in [3.05, 3.63) is 30.2 Å². The van der Waals surface area contributed by atoms with Gasteiger partial charge in [0.15, 0.2) is 17.3 Å². The Kier molecular flexibility index (Phi) is 3.85. The number of methoxy groups -OCH3 is 2. The lowest BCUT2D eigenvalue weighted by Gasteiger charge is -2.09. The van der Waals surface area contributed by atoms with Crippen LogP contribution in [0.15, 0.2) is 28.9 Å². The van der Waals surface area contributed by atoms with Gasteiger partial charge in [-0.15, -0.1) is 0 Å². The molecule has 5 heteroatoms. The summed E-state index contributed by atoms with van der Waals surface area (Å²) in [5, 5.41) is 3.75. The van der Waals surface area contributed by atoms with Crippen LogP contribution in [0.25, 0.3) is 11.1 Å². The summed E-state index contributed by atoms with van der Waals surface area (Å²) in [7, 11) is 3.16. The van der Waals surface area contributed by atoms with Crippen molar-refractivity contribution in [3.8, 4) is 22.6 Å². The average Bonchev–Trinajstić information content (AvgIpc) is 2.85. The van der Waals surface area contributed by atoms with E-state index < -0.39 is 0 Å². The third-order valence-corrected chi connectivity index (χ3v) is 2.75. The smallest absolute Gasteiger partial charge is 0.161 e. The summed E-state index contributed by atoms with van der Waals surface area (Å²) in [6.45, 7) is 1.51. The zero-order valence-electron chi connectivity index (χ0n) is 11.1. The lowest BCUT2D eigenvalue weighted by atomic mass is 10.0. The minimum absolute atomic E-state index is 0.0264. The Labute approximate surface area is 111 Å². The second kappa shape index (κ2) is 5.56. The largest absolute Gasteiger partial charge is 0.493 e. The summed E-state index contributed by atoms with van der Waals surface area (Å²) in [5.41, 5.74) is 1.66. The van der Waals surface area contributed by atoms with Crippen molar-refractivity contribution < 1.29 is 18.8 Å². The number of carbonyl (C=O) groups excluding carboxylic acids is 1. The van der Waals surface area contributed by atoms with Crippen molar-refractivity contribution in [2.45, 2.75) is 13.3 Å². The van der Waals surface area contributed by atoms with E-state index in [1.807, 2.05) is 12.1 Å². The van der Waals surface area contributed by atoms with Gasteiger partial charge in [-0.25, -0.2) is 0 Å². The van der Waals surface area contributed by atoms with Gasteiger partial charge in [-0.2, -0.15) is 0 Å². The number of rotatable bonds is 5. The van der Waals surface area contributed by atoms with Crippen LogP contribution in [0.3, 0.4) is 0 Å². The van der Waals surface area contributed by atoms with Crippen LogP contribution in [-0.4, -0.2) is 25.2 Å². The Hall–Kier alpha value is -2.30. The highest BCUT2D eigenvalue weighted by molar-refractivity contribution is 5.80. The van der Waals surface area contributed by atoms with E-state index in [2.05, 4.69) is 5.16 Å². The van der Waals surface area contributed by atoms with E-state index in [0.717, 1.165) is 11.1 Å². The lowest BCUT2D eigenvalue weighted by molar-refractivity contribution is -0.116. The van der Waals surface area contributed by atoms with Crippen molar-refractivity contribution in [1.29, 1.82) is 0 Å². The molecule has 0 aliphatic carbocycles. The Morgan fingerprint density at radius 1 is 1.26 bits per heavy atom. The fraction of sp³-hybridized carbons (Fsp3) is 0.286. The number of aromatic nitrogens is 1. The lowest BCUT2D eigenvalue weighted by Crippen LogP contribution is -1.96. The second-order valence-electron chi connectivity index (χ2n) is 4.11. The van der Waals surface area contributed by atoms with Gasteiger partial charge in [0.2, 0.25) is 0 Å². The van der Waals surface area contributed by atoms with Crippen molar-refractivity contribution in [1.82, 2.24) is 5.16 Å². The van der Waals surface area contributed by atoms with E-state index in [1.165, 1.54) is 6.92 Å². The zero-order chi connectivity index (χ0) is 13.8. The highest BCUT2D eigenvalue weighted by atomic mass is 16.5. The van der Waals surface area contributed by atoms with Crippen LogP contribution in [0.1, 0.15) is 12.7 Å². The predicted octanol–water partition coefficient (Wildman–Crippen LogP) is 2.49. The molecule has 1 heterocycles. The summed E-state index contributed by atoms with van der Waals surface area (Å²) in [6.07, 6.45) is 1.82. The van der Waals surface area contributed by atoms with Crippen LogP contribution in [0, 0.1) is 0 Å². The van der Waals surface area contributed by atoms with Gasteiger partial charge in [-0.3, -0.25) is 4.79 Å². The molecule has 100 valence electrons. The minimum atomic E-state index is 0.0264. The molecule has 0 atom stereocenters. The summed E-state index contributed by atoms with van der Waals surface area (Å²) >= 11 is 0. The molecular formula is C14H15NO4. The van der Waals surface area contributed by atoms with Crippen LogP contribution < -0.4 is 9.47 Å². The number of hydrogen-bond donors (Lipinski definition) is 0. The molecule has 0 fully saturated rings. The first-order valence-electron chi connectivity index (χ1n) is 5.81. The van der Waals surface area contributed by atoms with E-state index in [0.29, 0.717) is 17.3 Å². The number of carbonyl (C=O) groups is 1. The van der Waals surface area contributed by atoms with Gasteiger partial charge in [0.25, 0.3) is 0 Å². The molecule has 0 aliphatic heterocycles. The molecule has 0 spiro atoms. The molecule has 0 bridgehead atoms. The maximum Gasteiger partial charge on any atom is 0.161 e. The second-order valence-corrected chi connectivity index (χ2v) is 4.11. The SMILES string of the molecule is COc1ccc(-c2cnoc2CC(C)=O)cc1OC. The van der Waals surface area contributed by atoms with Crippen LogP contribution in [0.5, 0.6) is 11.5 Å². The highest BCUT2D eigenvalue weighted by Gasteiger charge is 2.14. The minimum Gasteiger partial charge on any atom is -0.493 e. The van der Waals surface area contributed by atoms with Crippen molar-refractivity contribution in [2.75, 3.05) is 14.2 Å². The number of nitrogens with zero attached hydrogens (tertiary/aromatic N) is 1. The average molecular weight is 261 g/mol. The molecule has 2 rings (SSSR count). The summed E-state index contributed by atoms with van der Waals surface area (Å²) in [5.74, 6) is 1.85. The number of ether oxygens (including phenoxy) is 2. The number of benzene rings is 1. The topological polar surface area (TPSA) is 61.6 Å². The Morgan fingerprint density at radius 3 is 2.63 bits per heavy atom. The molecule has 0 N–H and O–H groups in total. The Bertz CT molecular complexity index is 589. The first-order chi connectivity index (χ1) is 9.15. The molecule has 1 aromatic heterocycles. The van der Waals surface area contributed by atoms with E-state index in [1.54, 1.807) is 26.5 Å². The molecule has 0 saturated carbocycles. The van der Waals surface area contributed by atoms with Crippen molar-refractivity contribution in [2.24, 2.45) is 0 Å². The molecule has 2 aromatic rings. The van der Waals surface area contributed by atoms with Gasteiger partial charge in [0, 0.05) is 5.56 Å². The maximum absolute atomic E-state index is 11.2. The molecule has 0 radical (unpaired) electrons. The first kappa shape index (κ1) is 13.1. The third-order valence-electron chi connectivity index (χ3n) is 2.75. The van der Waals surface area contributed by atoms with Crippen LogP contribution >= 0.6 is 0 Å². The summed E-state index contributed by atoms with van der Waals surface area (Å²) < 4.78 is 15.6. The van der Waals surface area contributed by atoms with Crippen LogP contribution in [0.4, 0.5) is 0 Å². The van der Waals surface area contributed by atoms with Crippen LogP contribution in [0.2, 0.25) is 0 Å². The molecule has 0 aliphatic rings. The van der Waals surface area contributed by atoms with E-state index >= 15 is 0 Å². The molecule has 0 amide bonds. The molecule has 5 nitrogen and oxygen atoms in total. The Balaban J connectivity index is 2.42. The molecule has 1 aromatic carbocycles. The van der Waals surface area contributed by atoms with Crippen molar-refractivity contribution >= 4 is 5.78 Å². The Morgan fingerprint density at radius 2 is 2.00 bits per heavy atom. The fourth-order valence-corrected chi connectivity index (χ4v) is 1.86. The third kappa shape index (κ3) is 2.76. The molecule has 0 saturated heterocycles. The van der Waals surface area contributed by atoms with Gasteiger partial charge in [-0.1, -0.05) is 11.2 Å². The number of hydrogen-bond acceptors (Lipinski definition) is 5. The normalized spacial score (nSPS) is 10.3. The predicted molar refractivity (Wildman–Crippen MR) is 69.4 cm³/mol. The summed E-state index contributed by atoms with van der Waals surface area (Å²) in [4.78, 5) is 11.2. The standard InChI is InChI=1S/C14H15NO4/c1-9(16)6-13-11(8-15-19-13)10-4-5-12(17-2)14(7-10)18-3/h4-5,7-8H,6H2,1-3H3.